The van der Waals surface area contributed by atoms with Gasteiger partial charge in [0.05, 0.1) is 18.8 Å². The fourth-order valence-electron chi connectivity index (χ4n) is 3.07. The van der Waals surface area contributed by atoms with Crippen molar-refractivity contribution < 1.29 is 9.47 Å². The van der Waals surface area contributed by atoms with Crippen LogP contribution in [0.15, 0.2) is 0 Å². The summed E-state index contributed by atoms with van der Waals surface area (Å²) in [7, 11) is 0. The molecular weight excluding hydrogens is 226 g/mol. The van der Waals surface area contributed by atoms with Crippen molar-refractivity contribution in [3.05, 3.63) is 0 Å². The highest BCUT2D eigenvalue weighted by molar-refractivity contribution is 4.87. The molecule has 1 saturated heterocycles. The third-order valence-corrected chi connectivity index (χ3v) is 4.29. The lowest BCUT2D eigenvalue weighted by Gasteiger charge is -2.38. The standard InChI is InChI=1S/C15H29NO2/c1-2-9-16-13-15(7-4-3-5-8-15)18-12-14-6-10-17-11-14/h14,16H,2-13H2,1H3. The monoisotopic (exact) mass is 255 g/mol. The van der Waals surface area contributed by atoms with Crippen molar-refractivity contribution >= 4 is 0 Å². The van der Waals surface area contributed by atoms with Gasteiger partial charge in [-0.25, -0.2) is 0 Å². The topological polar surface area (TPSA) is 30.5 Å². The van der Waals surface area contributed by atoms with Crippen molar-refractivity contribution in [3.8, 4) is 0 Å². The van der Waals surface area contributed by atoms with Crippen LogP contribution in [0.4, 0.5) is 0 Å². The first-order chi connectivity index (χ1) is 8.85. The Morgan fingerprint density at radius 2 is 2.11 bits per heavy atom. The van der Waals surface area contributed by atoms with Crippen molar-refractivity contribution in [1.82, 2.24) is 5.32 Å². The van der Waals surface area contributed by atoms with Crippen LogP contribution in [0.1, 0.15) is 51.9 Å². The first-order valence-corrected chi connectivity index (χ1v) is 7.77. The Labute approximate surface area is 112 Å². The van der Waals surface area contributed by atoms with E-state index in [0.29, 0.717) is 5.92 Å². The van der Waals surface area contributed by atoms with Crippen molar-refractivity contribution in [2.45, 2.75) is 57.5 Å². The first kappa shape index (κ1) is 14.3. The highest BCUT2D eigenvalue weighted by atomic mass is 16.5. The normalized spacial score (nSPS) is 27.5. The van der Waals surface area contributed by atoms with Crippen LogP contribution < -0.4 is 5.32 Å². The molecule has 0 aromatic rings. The summed E-state index contributed by atoms with van der Waals surface area (Å²) in [4.78, 5) is 0. The van der Waals surface area contributed by atoms with E-state index >= 15 is 0 Å². The highest BCUT2D eigenvalue weighted by Crippen LogP contribution is 2.32. The van der Waals surface area contributed by atoms with Crippen LogP contribution >= 0.6 is 0 Å². The molecule has 0 spiro atoms. The molecule has 1 aliphatic heterocycles. The van der Waals surface area contributed by atoms with E-state index in [1.807, 2.05) is 0 Å². The van der Waals surface area contributed by atoms with Gasteiger partial charge in [0, 0.05) is 19.1 Å². The second-order valence-corrected chi connectivity index (χ2v) is 5.96. The molecule has 1 heterocycles. The molecule has 0 amide bonds. The van der Waals surface area contributed by atoms with E-state index in [1.165, 1.54) is 44.9 Å². The molecule has 1 N–H and O–H groups in total. The van der Waals surface area contributed by atoms with Gasteiger partial charge in [0.2, 0.25) is 0 Å². The summed E-state index contributed by atoms with van der Waals surface area (Å²) in [5.74, 6) is 0.634. The average Bonchev–Trinajstić information content (AvgIpc) is 2.91. The Hall–Kier alpha value is -0.120. The first-order valence-electron chi connectivity index (χ1n) is 7.77. The molecule has 106 valence electrons. The van der Waals surface area contributed by atoms with Gasteiger partial charge < -0.3 is 14.8 Å². The van der Waals surface area contributed by atoms with E-state index in [2.05, 4.69) is 12.2 Å². The maximum atomic E-state index is 6.36. The largest absolute Gasteiger partial charge is 0.381 e. The van der Waals surface area contributed by atoms with Crippen LogP contribution in [0.2, 0.25) is 0 Å². The van der Waals surface area contributed by atoms with Crippen molar-refractivity contribution in [2.24, 2.45) is 5.92 Å². The zero-order chi connectivity index (χ0) is 12.7. The number of hydrogen-bond donors (Lipinski definition) is 1. The molecule has 3 heteroatoms. The lowest BCUT2D eigenvalue weighted by molar-refractivity contribution is -0.0816. The predicted octanol–water partition coefficient (Wildman–Crippen LogP) is 2.74. The summed E-state index contributed by atoms with van der Waals surface area (Å²) >= 11 is 0. The van der Waals surface area contributed by atoms with Gasteiger partial charge in [-0.05, 0) is 32.2 Å². The van der Waals surface area contributed by atoms with Crippen LogP contribution in [0.25, 0.3) is 0 Å². The van der Waals surface area contributed by atoms with E-state index in [0.717, 1.165) is 32.9 Å². The summed E-state index contributed by atoms with van der Waals surface area (Å²) in [5.41, 5.74) is 0.121. The zero-order valence-electron chi connectivity index (χ0n) is 11.9. The molecular formula is C15H29NO2. The van der Waals surface area contributed by atoms with E-state index in [1.54, 1.807) is 0 Å². The van der Waals surface area contributed by atoms with Crippen molar-refractivity contribution in [1.29, 1.82) is 0 Å². The second kappa shape index (κ2) is 7.46. The van der Waals surface area contributed by atoms with Gasteiger partial charge in [0.25, 0.3) is 0 Å². The fourth-order valence-corrected chi connectivity index (χ4v) is 3.07. The van der Waals surface area contributed by atoms with E-state index in [4.69, 9.17) is 9.47 Å². The van der Waals surface area contributed by atoms with Gasteiger partial charge in [-0.15, -0.1) is 0 Å². The fraction of sp³-hybridized carbons (Fsp3) is 1.00. The Morgan fingerprint density at radius 3 is 2.78 bits per heavy atom. The molecule has 1 saturated carbocycles. The predicted molar refractivity (Wildman–Crippen MR) is 73.9 cm³/mol. The number of ether oxygens (including phenoxy) is 2. The average molecular weight is 255 g/mol. The van der Waals surface area contributed by atoms with Crippen LogP contribution in [0, 0.1) is 5.92 Å². The molecule has 2 rings (SSSR count). The van der Waals surface area contributed by atoms with Gasteiger partial charge in [0.15, 0.2) is 0 Å². The zero-order valence-corrected chi connectivity index (χ0v) is 11.9. The lowest BCUT2D eigenvalue weighted by atomic mass is 9.84. The van der Waals surface area contributed by atoms with Crippen molar-refractivity contribution in [2.75, 3.05) is 32.9 Å². The van der Waals surface area contributed by atoms with Gasteiger partial charge in [-0.1, -0.05) is 26.2 Å². The van der Waals surface area contributed by atoms with E-state index < -0.39 is 0 Å². The summed E-state index contributed by atoms with van der Waals surface area (Å²) in [6, 6.07) is 0. The molecule has 1 atom stereocenters. The second-order valence-electron chi connectivity index (χ2n) is 5.96. The Balaban J connectivity index is 1.78. The van der Waals surface area contributed by atoms with Crippen molar-refractivity contribution in [3.63, 3.8) is 0 Å². The van der Waals surface area contributed by atoms with E-state index in [9.17, 15) is 0 Å². The quantitative estimate of drug-likeness (QED) is 0.710. The molecule has 2 aliphatic rings. The summed E-state index contributed by atoms with van der Waals surface area (Å²) in [5, 5.41) is 3.56. The van der Waals surface area contributed by atoms with Crippen LogP contribution in [-0.4, -0.2) is 38.5 Å². The summed E-state index contributed by atoms with van der Waals surface area (Å²) in [6.45, 7) is 7.09. The molecule has 0 radical (unpaired) electrons. The molecule has 1 aliphatic carbocycles. The third-order valence-electron chi connectivity index (χ3n) is 4.29. The molecule has 18 heavy (non-hydrogen) atoms. The molecule has 3 nitrogen and oxygen atoms in total. The molecule has 1 unspecified atom stereocenters. The van der Waals surface area contributed by atoms with Gasteiger partial charge in [0.1, 0.15) is 0 Å². The molecule has 0 aromatic heterocycles. The summed E-state index contributed by atoms with van der Waals surface area (Å²) < 4.78 is 11.8. The Morgan fingerprint density at radius 1 is 1.28 bits per heavy atom. The highest BCUT2D eigenvalue weighted by Gasteiger charge is 2.33. The number of hydrogen-bond acceptors (Lipinski definition) is 3. The number of nitrogens with one attached hydrogen (secondary N) is 1. The van der Waals surface area contributed by atoms with Crippen LogP contribution in [-0.2, 0) is 9.47 Å². The summed E-state index contributed by atoms with van der Waals surface area (Å²) in [6.07, 6.45) is 8.88. The van der Waals surface area contributed by atoms with Gasteiger partial charge >= 0.3 is 0 Å². The maximum absolute atomic E-state index is 6.36. The van der Waals surface area contributed by atoms with Gasteiger partial charge in [-0.2, -0.15) is 0 Å². The molecule has 0 aromatic carbocycles. The lowest BCUT2D eigenvalue weighted by Crippen LogP contribution is -2.45. The Bertz CT molecular complexity index is 221. The Kier molecular flexibility index (Phi) is 5.93. The maximum Gasteiger partial charge on any atom is 0.0806 e. The molecule has 2 fully saturated rings. The smallest absolute Gasteiger partial charge is 0.0806 e. The SMILES string of the molecule is CCCNCC1(OCC2CCOC2)CCCCC1. The third kappa shape index (κ3) is 4.22. The minimum absolute atomic E-state index is 0.121. The number of rotatable bonds is 7. The minimum atomic E-state index is 0.121. The molecule has 0 bridgehead atoms. The van der Waals surface area contributed by atoms with Crippen LogP contribution in [0.3, 0.4) is 0 Å². The van der Waals surface area contributed by atoms with Gasteiger partial charge in [-0.3, -0.25) is 0 Å². The van der Waals surface area contributed by atoms with E-state index in [-0.39, 0.29) is 5.60 Å². The minimum Gasteiger partial charge on any atom is -0.381 e. The van der Waals surface area contributed by atoms with Crippen LogP contribution in [0.5, 0.6) is 0 Å².